The van der Waals surface area contributed by atoms with Crippen LogP contribution in [0.25, 0.3) is 0 Å². The first-order valence-corrected chi connectivity index (χ1v) is 8.36. The van der Waals surface area contributed by atoms with E-state index in [0.29, 0.717) is 16.5 Å². The highest BCUT2D eigenvalue weighted by molar-refractivity contribution is 9.10. The number of rotatable bonds is 5. The fraction of sp³-hybridized carbons (Fsp3) is 0.0667. The van der Waals surface area contributed by atoms with Gasteiger partial charge in [0.2, 0.25) is 0 Å². The lowest BCUT2D eigenvalue weighted by Crippen LogP contribution is -2.37. The van der Waals surface area contributed by atoms with Crippen LogP contribution < -0.4 is 15.4 Å². The van der Waals surface area contributed by atoms with Crippen molar-refractivity contribution in [3.8, 4) is 5.75 Å². The van der Waals surface area contributed by atoms with E-state index in [4.69, 9.17) is 28.6 Å². The first kappa shape index (κ1) is 19.1. The number of hydrogen-bond donors (Lipinski definition) is 2. The van der Waals surface area contributed by atoms with Gasteiger partial charge in [-0.1, -0.05) is 11.6 Å². The Bertz CT molecular complexity index is 817. The lowest BCUT2D eigenvalue weighted by Gasteiger charge is -2.11. The molecule has 2 aromatic rings. The van der Waals surface area contributed by atoms with Gasteiger partial charge in [0, 0.05) is 22.3 Å². The molecule has 0 radical (unpaired) electrons. The molecule has 0 saturated carbocycles. The third-order valence-corrected chi connectivity index (χ3v) is 4.28. The highest BCUT2D eigenvalue weighted by Crippen LogP contribution is 2.25. The van der Waals surface area contributed by atoms with Gasteiger partial charge in [0.15, 0.2) is 11.7 Å². The van der Waals surface area contributed by atoms with Crippen LogP contribution in [-0.2, 0) is 4.79 Å². The number of amides is 1. The Labute approximate surface area is 161 Å². The van der Waals surface area contributed by atoms with Crippen LogP contribution in [0.15, 0.2) is 46.9 Å². The molecular formula is C15H11BrClN3O4S. The Kier molecular flexibility index (Phi) is 6.68. The summed E-state index contributed by atoms with van der Waals surface area (Å²) < 4.78 is 5.98. The summed E-state index contributed by atoms with van der Waals surface area (Å²) in [6, 6.07) is 10.5. The van der Waals surface area contributed by atoms with Crippen LogP contribution in [0.2, 0.25) is 5.02 Å². The number of ether oxygens (including phenoxy) is 1. The number of nitrogens with zero attached hydrogens (tertiary/aromatic N) is 1. The van der Waals surface area contributed by atoms with E-state index in [0.717, 1.165) is 4.47 Å². The molecule has 10 heteroatoms. The highest BCUT2D eigenvalue weighted by Gasteiger charge is 2.08. The molecular weight excluding hydrogens is 434 g/mol. The summed E-state index contributed by atoms with van der Waals surface area (Å²) in [6.07, 6.45) is 0. The zero-order chi connectivity index (χ0) is 18.4. The van der Waals surface area contributed by atoms with E-state index in [1.165, 1.54) is 24.3 Å². The van der Waals surface area contributed by atoms with Gasteiger partial charge in [0.25, 0.3) is 11.6 Å². The topological polar surface area (TPSA) is 93.5 Å². The van der Waals surface area contributed by atoms with Crippen molar-refractivity contribution in [1.29, 1.82) is 0 Å². The van der Waals surface area contributed by atoms with Crippen molar-refractivity contribution in [1.82, 2.24) is 5.32 Å². The molecule has 0 aliphatic rings. The molecule has 130 valence electrons. The van der Waals surface area contributed by atoms with Crippen LogP contribution in [0.3, 0.4) is 0 Å². The number of nitrogens with one attached hydrogen (secondary N) is 2. The van der Waals surface area contributed by atoms with E-state index < -0.39 is 10.8 Å². The number of thiocarbonyl (C=S) groups is 1. The van der Waals surface area contributed by atoms with Gasteiger partial charge in [-0.3, -0.25) is 20.2 Å². The number of anilines is 1. The number of nitro benzene ring substituents is 1. The zero-order valence-electron chi connectivity index (χ0n) is 12.5. The van der Waals surface area contributed by atoms with Gasteiger partial charge >= 0.3 is 0 Å². The van der Waals surface area contributed by atoms with Crippen molar-refractivity contribution in [2.75, 3.05) is 11.9 Å². The Morgan fingerprint density at radius 2 is 1.96 bits per heavy atom. The quantitative estimate of drug-likeness (QED) is 0.413. The van der Waals surface area contributed by atoms with Gasteiger partial charge in [0.1, 0.15) is 5.75 Å². The molecule has 0 heterocycles. The number of benzene rings is 2. The molecule has 0 atom stereocenters. The third kappa shape index (κ3) is 5.96. The molecule has 2 N–H and O–H groups in total. The maximum atomic E-state index is 11.8. The summed E-state index contributed by atoms with van der Waals surface area (Å²) in [7, 11) is 0. The Morgan fingerprint density at radius 1 is 1.28 bits per heavy atom. The maximum absolute atomic E-state index is 11.8. The molecule has 25 heavy (non-hydrogen) atoms. The molecule has 0 aromatic heterocycles. The van der Waals surface area contributed by atoms with Crippen molar-refractivity contribution < 1.29 is 14.5 Å². The minimum Gasteiger partial charge on any atom is -0.484 e. The second-order valence-corrected chi connectivity index (χ2v) is 6.34. The minimum atomic E-state index is -0.519. The van der Waals surface area contributed by atoms with E-state index in [1.807, 2.05) is 0 Å². The number of nitro groups is 1. The average molecular weight is 445 g/mol. The fourth-order valence-corrected chi connectivity index (χ4v) is 2.37. The Morgan fingerprint density at radius 3 is 2.56 bits per heavy atom. The first-order valence-electron chi connectivity index (χ1n) is 6.78. The molecule has 0 aliphatic heterocycles. The number of carbonyl (C=O) groups excluding carboxylic acids is 1. The smallest absolute Gasteiger partial charge is 0.269 e. The van der Waals surface area contributed by atoms with Crippen molar-refractivity contribution in [2.45, 2.75) is 0 Å². The summed E-state index contributed by atoms with van der Waals surface area (Å²) in [5, 5.41) is 16.4. The largest absolute Gasteiger partial charge is 0.484 e. The molecule has 0 fully saturated rings. The average Bonchev–Trinajstić information content (AvgIpc) is 2.56. The van der Waals surface area contributed by atoms with Crippen LogP contribution in [0.4, 0.5) is 11.4 Å². The van der Waals surface area contributed by atoms with Gasteiger partial charge in [-0.2, -0.15) is 0 Å². The van der Waals surface area contributed by atoms with Gasteiger partial charge in [-0.05, 0) is 58.5 Å². The lowest BCUT2D eigenvalue weighted by atomic mass is 10.3. The predicted octanol–water partition coefficient (Wildman–Crippen LogP) is 3.90. The van der Waals surface area contributed by atoms with Crippen LogP contribution in [-0.4, -0.2) is 22.5 Å². The first-order chi connectivity index (χ1) is 11.8. The van der Waals surface area contributed by atoms with Gasteiger partial charge in [-0.25, -0.2) is 0 Å². The van der Waals surface area contributed by atoms with Crippen molar-refractivity contribution >= 4 is 62.1 Å². The summed E-state index contributed by atoms with van der Waals surface area (Å²) in [5.74, 6) is -0.140. The molecule has 0 saturated heterocycles. The maximum Gasteiger partial charge on any atom is 0.269 e. The highest BCUT2D eigenvalue weighted by atomic mass is 79.9. The molecule has 1 amide bonds. The SMILES string of the molecule is O=C(COc1ccc([N+](=O)[O-])cc1)NC(=S)Nc1ccc(Br)c(Cl)c1. The predicted molar refractivity (Wildman–Crippen MR) is 102 cm³/mol. The molecule has 0 spiro atoms. The number of carbonyl (C=O) groups is 1. The summed E-state index contributed by atoms with van der Waals surface area (Å²) in [5.41, 5.74) is 0.560. The number of halogens is 2. The minimum absolute atomic E-state index is 0.0599. The lowest BCUT2D eigenvalue weighted by molar-refractivity contribution is -0.384. The summed E-state index contributed by atoms with van der Waals surface area (Å²) in [4.78, 5) is 21.8. The number of hydrogen-bond acceptors (Lipinski definition) is 5. The van der Waals surface area contributed by atoms with E-state index in [2.05, 4.69) is 26.6 Å². The molecule has 0 aliphatic carbocycles. The van der Waals surface area contributed by atoms with Crippen LogP contribution >= 0.6 is 39.7 Å². The third-order valence-electron chi connectivity index (χ3n) is 2.85. The monoisotopic (exact) mass is 443 g/mol. The van der Waals surface area contributed by atoms with Crippen molar-refractivity contribution in [3.63, 3.8) is 0 Å². The van der Waals surface area contributed by atoms with Crippen LogP contribution in [0, 0.1) is 10.1 Å². The standard InChI is InChI=1S/C15H11BrClN3O4S/c16-12-6-1-9(7-13(12)17)18-15(25)19-14(21)8-24-11-4-2-10(3-5-11)20(22)23/h1-7H,8H2,(H2,18,19,21,25). The van der Waals surface area contributed by atoms with E-state index >= 15 is 0 Å². The van der Waals surface area contributed by atoms with Gasteiger partial charge in [0.05, 0.1) is 9.95 Å². The van der Waals surface area contributed by atoms with E-state index in [9.17, 15) is 14.9 Å². The molecule has 0 bridgehead atoms. The van der Waals surface area contributed by atoms with Crippen LogP contribution in [0.1, 0.15) is 0 Å². The molecule has 2 aromatic carbocycles. The molecule has 2 rings (SSSR count). The summed E-state index contributed by atoms with van der Waals surface area (Å²) >= 11 is 14.3. The van der Waals surface area contributed by atoms with Gasteiger partial charge < -0.3 is 10.1 Å². The molecule has 0 unspecified atom stereocenters. The number of non-ortho nitro benzene ring substituents is 1. The van der Waals surface area contributed by atoms with Crippen molar-refractivity contribution in [3.05, 3.63) is 62.1 Å². The van der Waals surface area contributed by atoms with Crippen molar-refractivity contribution in [2.24, 2.45) is 0 Å². The Hall–Kier alpha value is -2.23. The van der Waals surface area contributed by atoms with Gasteiger partial charge in [-0.15, -0.1) is 0 Å². The second-order valence-electron chi connectivity index (χ2n) is 4.67. The zero-order valence-corrected chi connectivity index (χ0v) is 15.7. The summed E-state index contributed by atoms with van der Waals surface area (Å²) in [6.45, 7) is -0.291. The second kappa shape index (κ2) is 8.75. The normalized spacial score (nSPS) is 10.0. The van der Waals surface area contributed by atoms with E-state index in [-0.39, 0.29) is 17.4 Å². The van der Waals surface area contributed by atoms with E-state index in [1.54, 1.807) is 18.2 Å². The van der Waals surface area contributed by atoms with Crippen LogP contribution in [0.5, 0.6) is 5.75 Å². The molecule has 7 nitrogen and oxygen atoms in total. The Balaban J connectivity index is 1.81. The fourth-order valence-electron chi connectivity index (χ4n) is 1.71.